The minimum atomic E-state index is -0.929. The molecule has 2 heterocycles. The van der Waals surface area contributed by atoms with Gasteiger partial charge in [-0.15, -0.1) is 0 Å². The van der Waals surface area contributed by atoms with Gasteiger partial charge in [-0.1, -0.05) is 35.0 Å². The molecular formula is C26H25Cl2N5O2. The van der Waals surface area contributed by atoms with Crippen molar-refractivity contribution < 1.29 is 12.2 Å². The number of halogens is 2. The van der Waals surface area contributed by atoms with E-state index in [-0.39, 0.29) is 0 Å². The van der Waals surface area contributed by atoms with Crippen molar-refractivity contribution in [3.8, 4) is 29.4 Å². The van der Waals surface area contributed by atoms with Gasteiger partial charge in [0.15, 0.2) is 0 Å². The summed E-state index contributed by atoms with van der Waals surface area (Å²) >= 11 is 12.6. The third-order valence-corrected chi connectivity index (χ3v) is 6.35. The number of nitrogens with zero attached hydrogens (tertiary/aromatic N) is 4. The smallest absolute Gasteiger partial charge is 0.139 e. The number of hydrogen-bond acceptors (Lipinski definition) is 7. The fourth-order valence-corrected chi connectivity index (χ4v) is 4.30. The highest BCUT2D eigenvalue weighted by Crippen LogP contribution is 2.38. The van der Waals surface area contributed by atoms with Gasteiger partial charge in [-0.05, 0) is 25.2 Å². The molecule has 0 bridgehead atoms. The zero-order valence-corrected chi connectivity index (χ0v) is 20.9. The molecule has 1 aromatic heterocycles. The molecule has 180 valence electrons. The van der Waals surface area contributed by atoms with Crippen LogP contribution in [0.3, 0.4) is 0 Å². The van der Waals surface area contributed by atoms with Crippen molar-refractivity contribution >= 4 is 45.5 Å². The number of fused-ring (bicyclic) bond motifs is 1. The zero-order valence-electron chi connectivity index (χ0n) is 21.4. The number of likely N-dealkylation sites (N-methyl/N-ethyl adjacent to an activating group) is 1. The maximum absolute atomic E-state index is 9.75. The van der Waals surface area contributed by atoms with Crippen molar-refractivity contribution in [1.29, 1.82) is 5.26 Å². The lowest BCUT2D eigenvalue weighted by Gasteiger charge is -2.30. The fraction of sp³-hybridized carbons (Fsp3) is 0.308. The molecule has 3 aromatic rings. The van der Waals surface area contributed by atoms with Crippen molar-refractivity contribution in [3.05, 3.63) is 51.6 Å². The summed E-state index contributed by atoms with van der Waals surface area (Å²) in [6.07, 6.45) is 1.50. The summed E-state index contributed by atoms with van der Waals surface area (Å²) in [5.74, 6) is 7.38. The molecule has 4 rings (SSSR count). The average molecular weight is 512 g/mol. The average Bonchev–Trinajstić information content (AvgIpc) is 2.90. The first kappa shape index (κ1) is 22.3. The molecule has 0 aliphatic carbocycles. The molecule has 0 unspecified atom stereocenters. The van der Waals surface area contributed by atoms with E-state index in [2.05, 4.69) is 33.1 Å². The number of nitrogens with one attached hydrogen (secondary N) is 1. The number of ether oxygens (including phenoxy) is 2. The SMILES string of the molecule is [2H]C([2H])N1CCN(CC#Cc2cc3ncc(C#N)c(Nc4cc(OC)c(Cl)cc4Cl)c3cc2OC)CC1. The lowest BCUT2D eigenvalue weighted by atomic mass is 10.1. The molecule has 0 spiro atoms. The topological polar surface area (TPSA) is 73.7 Å². The fourth-order valence-electron chi connectivity index (χ4n) is 3.79. The van der Waals surface area contributed by atoms with Crippen LogP contribution < -0.4 is 14.8 Å². The van der Waals surface area contributed by atoms with E-state index in [1.807, 2.05) is 11.0 Å². The van der Waals surface area contributed by atoms with Gasteiger partial charge in [0.2, 0.25) is 0 Å². The molecule has 0 amide bonds. The van der Waals surface area contributed by atoms with Gasteiger partial charge in [0.25, 0.3) is 0 Å². The number of methoxy groups -OCH3 is 2. The first-order chi connectivity index (χ1) is 17.8. The molecule has 2 aromatic carbocycles. The van der Waals surface area contributed by atoms with Crippen LogP contribution in [-0.2, 0) is 0 Å². The number of pyridine rings is 1. The van der Waals surface area contributed by atoms with Crippen molar-refractivity contribution in [3.63, 3.8) is 0 Å². The third-order valence-electron chi connectivity index (χ3n) is 5.74. The Bertz CT molecular complexity index is 1410. The monoisotopic (exact) mass is 511 g/mol. The molecule has 1 fully saturated rings. The standard InChI is InChI=1S/C26H25Cl2N5O2/c1-32-7-9-33(10-8-32)6-4-5-17-11-22-19(12-24(17)34-2)26(18(15-29)16-30-22)31-23-14-25(35-3)21(28)13-20(23)27/h11-14,16H,6-10H2,1-3H3,(H,30,31)/i1D2. The largest absolute Gasteiger partial charge is 0.495 e. The Morgan fingerprint density at radius 3 is 2.51 bits per heavy atom. The molecule has 1 N–H and O–H groups in total. The van der Waals surface area contributed by atoms with E-state index in [0.29, 0.717) is 74.6 Å². The minimum Gasteiger partial charge on any atom is -0.495 e. The summed E-state index contributed by atoms with van der Waals surface area (Å²) in [6, 6.07) is 9.06. The van der Waals surface area contributed by atoms with E-state index in [9.17, 15) is 5.26 Å². The highest BCUT2D eigenvalue weighted by molar-refractivity contribution is 6.37. The number of hydrogen-bond donors (Lipinski definition) is 1. The van der Waals surface area contributed by atoms with Crippen LogP contribution in [0.5, 0.6) is 11.5 Å². The molecule has 0 radical (unpaired) electrons. The molecule has 1 aliphatic heterocycles. The van der Waals surface area contributed by atoms with E-state index in [1.165, 1.54) is 13.3 Å². The summed E-state index contributed by atoms with van der Waals surface area (Å²) in [7, 11) is 3.08. The Balaban J connectivity index is 1.65. The predicted octanol–water partition coefficient (Wildman–Crippen LogP) is 4.77. The van der Waals surface area contributed by atoms with Gasteiger partial charge in [-0.25, -0.2) is 0 Å². The van der Waals surface area contributed by atoms with Crippen LogP contribution in [-0.4, -0.2) is 68.7 Å². The van der Waals surface area contributed by atoms with Crippen molar-refractivity contribution in [2.45, 2.75) is 0 Å². The summed E-state index contributed by atoms with van der Waals surface area (Å²) in [5, 5.41) is 14.4. The second-order valence-electron chi connectivity index (χ2n) is 7.93. The van der Waals surface area contributed by atoms with Crippen LogP contribution in [0.1, 0.15) is 13.9 Å². The lowest BCUT2D eigenvalue weighted by Crippen LogP contribution is -2.44. The zero-order chi connectivity index (χ0) is 26.5. The van der Waals surface area contributed by atoms with Crippen LogP contribution in [0.2, 0.25) is 10.0 Å². The Morgan fingerprint density at radius 1 is 1.06 bits per heavy atom. The highest BCUT2D eigenvalue weighted by Gasteiger charge is 2.16. The third kappa shape index (κ3) is 5.56. The molecule has 1 aliphatic rings. The Labute approximate surface area is 218 Å². The van der Waals surface area contributed by atoms with Gasteiger partial charge in [0, 0.05) is 46.6 Å². The van der Waals surface area contributed by atoms with Crippen LogP contribution in [0.15, 0.2) is 30.5 Å². The predicted molar refractivity (Wildman–Crippen MR) is 140 cm³/mol. The van der Waals surface area contributed by atoms with Gasteiger partial charge < -0.3 is 19.7 Å². The van der Waals surface area contributed by atoms with Crippen LogP contribution >= 0.6 is 23.2 Å². The van der Waals surface area contributed by atoms with E-state index in [4.69, 9.17) is 35.4 Å². The number of nitriles is 1. The van der Waals surface area contributed by atoms with Gasteiger partial charge in [0.05, 0.1) is 58.8 Å². The van der Waals surface area contributed by atoms with E-state index < -0.39 is 7.00 Å². The Morgan fingerprint density at radius 2 is 1.83 bits per heavy atom. The quantitative estimate of drug-likeness (QED) is 0.494. The van der Waals surface area contributed by atoms with Crippen molar-refractivity contribution in [2.75, 3.05) is 59.3 Å². The molecule has 0 atom stereocenters. The normalized spacial score (nSPS) is 15.1. The van der Waals surface area contributed by atoms with Gasteiger partial charge >= 0.3 is 0 Å². The maximum atomic E-state index is 9.75. The molecule has 35 heavy (non-hydrogen) atoms. The van der Waals surface area contributed by atoms with Crippen LogP contribution in [0.25, 0.3) is 10.9 Å². The van der Waals surface area contributed by atoms with Crippen LogP contribution in [0.4, 0.5) is 11.4 Å². The van der Waals surface area contributed by atoms with E-state index in [1.54, 1.807) is 25.3 Å². The minimum absolute atomic E-state index is 0.333. The summed E-state index contributed by atoms with van der Waals surface area (Å²) in [6.45, 7) is 2.54. The highest BCUT2D eigenvalue weighted by atomic mass is 35.5. The Kier molecular flexibility index (Phi) is 7.02. The molecule has 9 heteroatoms. The number of benzene rings is 2. The number of rotatable bonds is 5. The Hall–Kier alpha value is -3.20. The summed E-state index contributed by atoms with van der Waals surface area (Å²) in [5.41, 5.74) is 2.70. The molecule has 7 nitrogen and oxygen atoms in total. The van der Waals surface area contributed by atoms with Gasteiger partial charge in [-0.2, -0.15) is 5.26 Å². The first-order valence-electron chi connectivity index (χ1n) is 12.0. The lowest BCUT2D eigenvalue weighted by molar-refractivity contribution is 0.168. The number of piperazine rings is 1. The maximum Gasteiger partial charge on any atom is 0.139 e. The summed E-state index contributed by atoms with van der Waals surface area (Å²) < 4.78 is 26.0. The van der Waals surface area contributed by atoms with Crippen molar-refractivity contribution in [2.24, 2.45) is 0 Å². The second kappa shape index (κ2) is 11.0. The first-order valence-corrected chi connectivity index (χ1v) is 11.6. The van der Waals surface area contributed by atoms with Crippen LogP contribution in [0, 0.1) is 23.2 Å². The summed E-state index contributed by atoms with van der Waals surface area (Å²) in [4.78, 5) is 8.48. The van der Waals surface area contributed by atoms with E-state index in [0.717, 1.165) is 13.1 Å². The molecule has 1 saturated heterocycles. The van der Waals surface area contributed by atoms with Gasteiger partial charge in [0.1, 0.15) is 17.6 Å². The molecular weight excluding hydrogens is 485 g/mol. The van der Waals surface area contributed by atoms with Crippen molar-refractivity contribution in [1.82, 2.24) is 14.8 Å². The van der Waals surface area contributed by atoms with Gasteiger partial charge in [-0.3, -0.25) is 9.88 Å². The number of aromatic nitrogens is 1. The molecule has 0 saturated carbocycles. The second-order valence-corrected chi connectivity index (χ2v) is 8.75. The number of anilines is 2. The van der Waals surface area contributed by atoms with E-state index >= 15 is 0 Å².